The van der Waals surface area contributed by atoms with Crippen LogP contribution in [0.15, 0.2) is 69.9 Å². The molecule has 0 saturated heterocycles. The highest BCUT2D eigenvalue weighted by Gasteiger charge is 2.19. The minimum absolute atomic E-state index is 0.0247. The van der Waals surface area contributed by atoms with Gasteiger partial charge in [0.1, 0.15) is 46.2 Å². The molecule has 0 aliphatic heterocycles. The lowest BCUT2D eigenvalue weighted by Crippen LogP contribution is -2.11. The summed E-state index contributed by atoms with van der Waals surface area (Å²) < 4.78 is 16.6. The molecule has 5 aromatic rings. The van der Waals surface area contributed by atoms with Gasteiger partial charge in [0, 0.05) is 6.54 Å². The number of furan rings is 2. The van der Waals surface area contributed by atoms with Crippen LogP contribution >= 0.6 is 0 Å². The first kappa shape index (κ1) is 23.8. The number of nitrogens with one attached hydrogen (secondary N) is 1. The quantitative estimate of drug-likeness (QED) is 0.273. The van der Waals surface area contributed by atoms with E-state index in [0.717, 1.165) is 5.56 Å². The number of hydrogen-bond donors (Lipinski definition) is 3. The van der Waals surface area contributed by atoms with Gasteiger partial charge in [0.15, 0.2) is 11.5 Å². The van der Waals surface area contributed by atoms with E-state index in [4.69, 9.17) is 25.0 Å². The summed E-state index contributed by atoms with van der Waals surface area (Å²) in [4.78, 5) is 16.5. The van der Waals surface area contributed by atoms with Crippen LogP contribution in [0.25, 0.3) is 22.9 Å². The molecule has 0 spiro atoms. The molecule has 5 rings (SSSR count). The largest absolute Gasteiger partial charge is 0.463 e. The Bertz CT molecular complexity index is 1650. The summed E-state index contributed by atoms with van der Waals surface area (Å²) >= 11 is 0. The zero-order valence-electron chi connectivity index (χ0n) is 19.8. The van der Waals surface area contributed by atoms with Crippen LogP contribution in [0.2, 0.25) is 0 Å². The molecule has 0 unspecified atom stereocenters. The maximum Gasteiger partial charge on any atom is 0.242 e. The molecule has 12 nitrogen and oxygen atoms in total. The summed E-state index contributed by atoms with van der Waals surface area (Å²) in [6.45, 7) is 0.469. The highest BCUT2D eigenvalue weighted by molar-refractivity contribution is 5.71. The second-order valence-electron chi connectivity index (χ2n) is 7.87. The Morgan fingerprint density at radius 2 is 1.39 bits per heavy atom. The van der Waals surface area contributed by atoms with E-state index in [-0.39, 0.29) is 34.6 Å². The van der Waals surface area contributed by atoms with E-state index in [1.54, 1.807) is 36.4 Å². The van der Waals surface area contributed by atoms with Crippen molar-refractivity contribution in [2.24, 2.45) is 0 Å². The number of nitrogen functional groups attached to an aromatic ring is 2. The average Bonchev–Trinajstić information content (AvgIpc) is 3.64. The molecule has 0 aliphatic carbocycles. The van der Waals surface area contributed by atoms with Gasteiger partial charge in [-0.05, 0) is 48.4 Å². The minimum atomic E-state index is -0.0506. The molecular formula is C26H19N9O3. The molecule has 0 fully saturated rings. The van der Waals surface area contributed by atoms with Gasteiger partial charge in [-0.2, -0.15) is 20.5 Å². The monoisotopic (exact) mass is 505 g/mol. The number of nitrogens with two attached hydrogens (primary N) is 2. The van der Waals surface area contributed by atoms with E-state index in [9.17, 15) is 10.5 Å². The number of hydrogen-bond acceptors (Lipinski definition) is 12. The first-order valence-electron chi connectivity index (χ1n) is 11.3. The number of benzene rings is 1. The van der Waals surface area contributed by atoms with Gasteiger partial charge >= 0.3 is 0 Å². The summed E-state index contributed by atoms with van der Waals surface area (Å²) in [6.07, 6.45) is 3.58. The van der Waals surface area contributed by atoms with E-state index in [2.05, 4.69) is 37.4 Å². The maximum absolute atomic E-state index is 9.69. The summed E-state index contributed by atoms with van der Waals surface area (Å²) in [7, 11) is 0. The van der Waals surface area contributed by atoms with Gasteiger partial charge in [-0.1, -0.05) is 12.1 Å². The van der Waals surface area contributed by atoms with Crippen LogP contribution in [0.5, 0.6) is 11.6 Å². The summed E-state index contributed by atoms with van der Waals surface area (Å²) in [5.74, 6) is 1.59. The van der Waals surface area contributed by atoms with Crippen LogP contribution in [0.4, 0.5) is 17.7 Å². The number of nitrogens with zero attached hydrogens (tertiary/aromatic N) is 6. The van der Waals surface area contributed by atoms with Crippen molar-refractivity contribution < 1.29 is 13.6 Å². The Morgan fingerprint density at radius 1 is 0.789 bits per heavy atom. The third-order valence-electron chi connectivity index (χ3n) is 5.40. The van der Waals surface area contributed by atoms with Gasteiger partial charge in [-0.25, -0.2) is 9.97 Å². The van der Waals surface area contributed by atoms with Crippen molar-refractivity contribution in [2.45, 2.75) is 6.42 Å². The SMILES string of the molecule is N#Cc1c(NCCc2ccc(Oc3nc(N)nc(-c4ccco4)c3C#N)cc2)nc(N)nc1-c1ccco1. The molecule has 0 radical (unpaired) electrons. The molecule has 5 N–H and O–H groups in total. The van der Waals surface area contributed by atoms with Gasteiger partial charge in [0.05, 0.1) is 12.5 Å². The second kappa shape index (κ2) is 10.4. The normalized spacial score (nSPS) is 10.5. The van der Waals surface area contributed by atoms with Crippen LogP contribution in [0.3, 0.4) is 0 Å². The van der Waals surface area contributed by atoms with E-state index >= 15 is 0 Å². The summed E-state index contributed by atoms with van der Waals surface area (Å²) in [5, 5.41) is 22.5. The van der Waals surface area contributed by atoms with Gasteiger partial charge in [-0.15, -0.1) is 0 Å². The molecular weight excluding hydrogens is 486 g/mol. The first-order chi connectivity index (χ1) is 18.6. The molecule has 38 heavy (non-hydrogen) atoms. The number of ether oxygens (including phenoxy) is 1. The molecule has 12 heteroatoms. The fraction of sp³-hybridized carbons (Fsp3) is 0.0769. The van der Waals surface area contributed by atoms with Crippen molar-refractivity contribution in [1.29, 1.82) is 10.5 Å². The van der Waals surface area contributed by atoms with E-state index in [1.165, 1.54) is 12.5 Å². The fourth-order valence-corrected chi connectivity index (χ4v) is 3.69. The van der Waals surface area contributed by atoms with Crippen LogP contribution in [-0.2, 0) is 6.42 Å². The molecule has 0 bridgehead atoms. The van der Waals surface area contributed by atoms with Gasteiger partial charge in [0.2, 0.25) is 17.8 Å². The third kappa shape index (κ3) is 4.91. The predicted molar refractivity (Wildman–Crippen MR) is 136 cm³/mol. The van der Waals surface area contributed by atoms with Crippen molar-refractivity contribution in [3.8, 4) is 46.7 Å². The first-order valence-corrected chi connectivity index (χ1v) is 11.3. The zero-order chi connectivity index (χ0) is 26.5. The second-order valence-corrected chi connectivity index (χ2v) is 7.87. The van der Waals surface area contributed by atoms with E-state index in [0.29, 0.717) is 41.7 Å². The van der Waals surface area contributed by atoms with Crippen molar-refractivity contribution in [3.05, 3.63) is 77.7 Å². The summed E-state index contributed by atoms with van der Waals surface area (Å²) in [5.41, 5.74) is 13.6. The summed E-state index contributed by atoms with van der Waals surface area (Å²) in [6, 6.07) is 18.2. The zero-order valence-corrected chi connectivity index (χ0v) is 19.8. The van der Waals surface area contributed by atoms with Crippen molar-refractivity contribution in [1.82, 2.24) is 19.9 Å². The molecule has 0 aliphatic rings. The Labute approximate surface area is 216 Å². The molecule has 0 atom stereocenters. The maximum atomic E-state index is 9.69. The molecule has 186 valence electrons. The Balaban J connectivity index is 1.28. The van der Waals surface area contributed by atoms with Crippen LogP contribution in [0.1, 0.15) is 16.7 Å². The van der Waals surface area contributed by atoms with Crippen LogP contribution in [0, 0.1) is 22.7 Å². The van der Waals surface area contributed by atoms with Crippen molar-refractivity contribution in [3.63, 3.8) is 0 Å². The number of rotatable bonds is 8. The minimum Gasteiger partial charge on any atom is -0.463 e. The molecule has 4 heterocycles. The van der Waals surface area contributed by atoms with E-state index < -0.39 is 0 Å². The average molecular weight is 505 g/mol. The number of anilines is 3. The Morgan fingerprint density at radius 3 is 1.97 bits per heavy atom. The van der Waals surface area contributed by atoms with Crippen LogP contribution in [-0.4, -0.2) is 26.5 Å². The predicted octanol–water partition coefficient (Wildman–Crippen LogP) is 4.14. The number of aromatic nitrogens is 4. The third-order valence-corrected chi connectivity index (χ3v) is 5.40. The van der Waals surface area contributed by atoms with Gasteiger partial charge < -0.3 is 30.4 Å². The van der Waals surface area contributed by atoms with Crippen LogP contribution < -0.4 is 21.5 Å². The van der Waals surface area contributed by atoms with Crippen molar-refractivity contribution >= 4 is 17.7 Å². The molecule has 4 aromatic heterocycles. The smallest absolute Gasteiger partial charge is 0.242 e. The molecule has 0 saturated carbocycles. The molecule has 1 aromatic carbocycles. The van der Waals surface area contributed by atoms with Gasteiger partial charge in [0.25, 0.3) is 0 Å². The highest BCUT2D eigenvalue weighted by Crippen LogP contribution is 2.31. The van der Waals surface area contributed by atoms with E-state index in [1.807, 2.05) is 12.1 Å². The lowest BCUT2D eigenvalue weighted by molar-refractivity contribution is 0.460. The lowest BCUT2D eigenvalue weighted by atomic mass is 10.1. The van der Waals surface area contributed by atoms with Crippen molar-refractivity contribution in [2.75, 3.05) is 23.3 Å². The topological polar surface area (TPSA) is 199 Å². The Kier molecular flexibility index (Phi) is 6.52. The van der Waals surface area contributed by atoms with Gasteiger partial charge in [-0.3, -0.25) is 0 Å². The molecule has 0 amide bonds. The standard InChI is InChI=1S/C26H19N9O3/c27-13-17-21(19-3-1-11-36-19)32-25(29)34-23(17)31-10-9-15-5-7-16(8-6-15)38-24-18(14-28)22(33-26(30)35-24)20-4-2-12-37-20/h1-8,11-12H,9-10H2,(H2,30,33,35)(H3,29,31,32,34). The lowest BCUT2D eigenvalue weighted by Gasteiger charge is -2.11. The number of nitriles is 2. The highest BCUT2D eigenvalue weighted by atomic mass is 16.5. The fourth-order valence-electron chi connectivity index (χ4n) is 3.69. The Hall–Kier alpha value is -5.88.